The van der Waals surface area contributed by atoms with Crippen LogP contribution < -0.4 is 4.74 Å². The van der Waals surface area contributed by atoms with E-state index in [9.17, 15) is 5.26 Å². The Hall–Kier alpha value is -2.27. The molecule has 0 aliphatic heterocycles. The summed E-state index contributed by atoms with van der Waals surface area (Å²) in [5.74, 6) is 2.24. The Kier molecular flexibility index (Phi) is 7.54. The first kappa shape index (κ1) is 20.5. The molecule has 0 aromatic heterocycles. The maximum absolute atomic E-state index is 9.82. The molecule has 0 N–H and O–H groups in total. The van der Waals surface area contributed by atoms with Crippen molar-refractivity contribution in [1.82, 2.24) is 0 Å². The third-order valence-electron chi connectivity index (χ3n) is 6.07. The second-order valence-electron chi connectivity index (χ2n) is 8.09. The Balaban J connectivity index is 1.95. The first-order valence-corrected chi connectivity index (χ1v) is 11.0. The molecule has 0 radical (unpaired) electrons. The van der Waals surface area contributed by atoms with Gasteiger partial charge in [-0.3, -0.25) is 0 Å². The van der Waals surface area contributed by atoms with Gasteiger partial charge in [-0.25, -0.2) is 0 Å². The van der Waals surface area contributed by atoms with Gasteiger partial charge in [-0.1, -0.05) is 63.4 Å². The average Bonchev–Trinajstić information content (AvgIpc) is 2.76. The van der Waals surface area contributed by atoms with Crippen LogP contribution in [0, 0.1) is 17.2 Å². The Labute approximate surface area is 170 Å². The highest BCUT2D eigenvalue weighted by Crippen LogP contribution is 2.45. The van der Waals surface area contributed by atoms with Gasteiger partial charge in [0, 0.05) is 11.1 Å². The molecule has 2 heteroatoms. The van der Waals surface area contributed by atoms with Crippen molar-refractivity contribution < 1.29 is 4.74 Å². The van der Waals surface area contributed by atoms with Crippen molar-refractivity contribution in [3.63, 3.8) is 0 Å². The Bertz CT molecular complexity index is 782. The molecule has 1 saturated carbocycles. The minimum atomic E-state index is 0.433. The van der Waals surface area contributed by atoms with E-state index < -0.39 is 0 Å². The fourth-order valence-corrected chi connectivity index (χ4v) is 4.54. The summed E-state index contributed by atoms with van der Waals surface area (Å²) in [5, 5.41) is 9.82. The van der Waals surface area contributed by atoms with Crippen molar-refractivity contribution in [2.75, 3.05) is 6.61 Å². The van der Waals surface area contributed by atoms with Gasteiger partial charge in [0.05, 0.1) is 18.2 Å². The van der Waals surface area contributed by atoms with Crippen LogP contribution in [0.25, 0.3) is 11.1 Å². The molecule has 1 fully saturated rings. The van der Waals surface area contributed by atoms with Crippen molar-refractivity contribution in [1.29, 1.82) is 5.26 Å². The minimum Gasteiger partial charge on any atom is -0.493 e. The zero-order valence-electron chi connectivity index (χ0n) is 17.4. The average molecular weight is 376 g/mol. The first-order chi connectivity index (χ1) is 13.8. The molecule has 2 aromatic rings. The van der Waals surface area contributed by atoms with E-state index in [1.54, 1.807) is 0 Å². The van der Waals surface area contributed by atoms with Gasteiger partial charge in [-0.15, -0.1) is 0 Å². The molecule has 148 valence electrons. The lowest BCUT2D eigenvalue weighted by Gasteiger charge is -2.31. The van der Waals surface area contributed by atoms with Gasteiger partial charge in [-0.05, 0) is 61.6 Å². The van der Waals surface area contributed by atoms with Crippen molar-refractivity contribution in [3.8, 4) is 22.9 Å². The van der Waals surface area contributed by atoms with Gasteiger partial charge in [0.1, 0.15) is 5.75 Å². The van der Waals surface area contributed by atoms with Gasteiger partial charge in [-0.2, -0.15) is 5.26 Å². The number of unbranched alkanes of at least 4 members (excludes halogenated alkanes) is 1. The Morgan fingerprint density at radius 3 is 2.36 bits per heavy atom. The number of hydrogen-bond acceptors (Lipinski definition) is 2. The van der Waals surface area contributed by atoms with Gasteiger partial charge >= 0.3 is 0 Å². The third kappa shape index (κ3) is 4.76. The number of benzene rings is 2. The summed E-state index contributed by atoms with van der Waals surface area (Å²) in [7, 11) is 0. The molecule has 1 aliphatic rings. The maximum Gasteiger partial charge on any atom is 0.131 e. The Morgan fingerprint density at radius 2 is 1.71 bits per heavy atom. The van der Waals surface area contributed by atoms with Crippen LogP contribution in [0.3, 0.4) is 0 Å². The van der Waals surface area contributed by atoms with E-state index in [1.807, 2.05) is 12.1 Å². The van der Waals surface area contributed by atoms with E-state index in [0.717, 1.165) is 40.3 Å². The molecule has 2 aromatic carbocycles. The molecule has 2 nitrogen and oxygen atoms in total. The normalized spacial score (nSPS) is 19.2. The summed E-state index contributed by atoms with van der Waals surface area (Å²) >= 11 is 0. The quantitative estimate of drug-likeness (QED) is 0.479. The van der Waals surface area contributed by atoms with E-state index >= 15 is 0 Å². The van der Waals surface area contributed by atoms with Gasteiger partial charge in [0.15, 0.2) is 0 Å². The monoisotopic (exact) mass is 375 g/mol. The predicted molar refractivity (Wildman–Crippen MR) is 117 cm³/mol. The molecule has 0 unspecified atom stereocenters. The van der Waals surface area contributed by atoms with Gasteiger partial charge < -0.3 is 4.74 Å². The van der Waals surface area contributed by atoms with Crippen LogP contribution in [0.15, 0.2) is 42.5 Å². The second kappa shape index (κ2) is 10.3. The molecule has 0 heterocycles. The van der Waals surface area contributed by atoms with Crippen LogP contribution in [0.4, 0.5) is 0 Å². The van der Waals surface area contributed by atoms with E-state index in [-0.39, 0.29) is 0 Å². The molecule has 1 aliphatic carbocycles. The summed E-state index contributed by atoms with van der Waals surface area (Å²) < 4.78 is 6.31. The highest BCUT2D eigenvalue weighted by molar-refractivity contribution is 5.74. The number of rotatable bonds is 8. The minimum absolute atomic E-state index is 0.433. The molecule has 0 bridgehead atoms. The smallest absolute Gasteiger partial charge is 0.131 e. The van der Waals surface area contributed by atoms with E-state index in [1.165, 1.54) is 44.9 Å². The fourth-order valence-electron chi connectivity index (χ4n) is 4.54. The van der Waals surface area contributed by atoms with Crippen LogP contribution in [0.2, 0.25) is 0 Å². The van der Waals surface area contributed by atoms with Crippen LogP contribution >= 0.6 is 0 Å². The SMILES string of the molecule is CCCCC1CCC(c2c(C#N)ccc(-c3ccccc3)c2OCCC)CC1. The molecule has 0 spiro atoms. The second-order valence-corrected chi connectivity index (χ2v) is 8.09. The predicted octanol–water partition coefficient (Wildman–Crippen LogP) is 7.48. The number of nitrogens with zero attached hydrogens (tertiary/aromatic N) is 1. The summed E-state index contributed by atoms with van der Waals surface area (Å²) in [6.07, 6.45) is 9.84. The summed E-state index contributed by atoms with van der Waals surface area (Å²) in [6.45, 7) is 5.10. The van der Waals surface area contributed by atoms with Crippen molar-refractivity contribution in [3.05, 3.63) is 53.6 Å². The maximum atomic E-state index is 9.82. The largest absolute Gasteiger partial charge is 0.493 e. The third-order valence-corrected chi connectivity index (χ3v) is 6.07. The lowest BCUT2D eigenvalue weighted by molar-refractivity contribution is 0.286. The number of hydrogen-bond donors (Lipinski definition) is 0. The summed E-state index contributed by atoms with van der Waals surface area (Å²) in [4.78, 5) is 0. The topological polar surface area (TPSA) is 33.0 Å². The summed E-state index contributed by atoms with van der Waals surface area (Å²) in [5.41, 5.74) is 4.24. The zero-order valence-corrected chi connectivity index (χ0v) is 17.4. The fraction of sp³-hybridized carbons (Fsp3) is 0.500. The van der Waals surface area contributed by atoms with E-state index in [2.05, 4.69) is 50.2 Å². The van der Waals surface area contributed by atoms with Crippen LogP contribution in [0.1, 0.15) is 82.3 Å². The van der Waals surface area contributed by atoms with Gasteiger partial charge in [0.25, 0.3) is 0 Å². The standard InChI is InChI=1S/C26H33NO/c1-3-5-9-20-12-14-22(15-13-20)25-23(19-27)16-17-24(26(25)28-18-4-2)21-10-7-6-8-11-21/h6-8,10-11,16-17,20,22H,3-5,9,12-15,18H2,1-2H3. The molecule has 0 saturated heterocycles. The van der Waals surface area contributed by atoms with Crippen LogP contribution in [-0.2, 0) is 0 Å². The molecule has 0 atom stereocenters. The highest BCUT2D eigenvalue weighted by Gasteiger charge is 2.28. The van der Waals surface area contributed by atoms with Gasteiger partial charge in [0.2, 0.25) is 0 Å². The molecule has 3 rings (SSSR count). The lowest BCUT2D eigenvalue weighted by atomic mass is 9.75. The van der Waals surface area contributed by atoms with Crippen LogP contribution in [0.5, 0.6) is 5.75 Å². The summed E-state index contributed by atoms with van der Waals surface area (Å²) in [6, 6.07) is 16.9. The number of nitriles is 1. The lowest BCUT2D eigenvalue weighted by Crippen LogP contribution is -2.16. The number of ether oxygens (including phenoxy) is 1. The van der Waals surface area contributed by atoms with Crippen molar-refractivity contribution in [2.45, 2.75) is 71.1 Å². The first-order valence-electron chi connectivity index (χ1n) is 11.0. The molecule has 0 amide bonds. The van der Waals surface area contributed by atoms with Crippen molar-refractivity contribution >= 4 is 0 Å². The Morgan fingerprint density at radius 1 is 0.964 bits per heavy atom. The molecule has 28 heavy (non-hydrogen) atoms. The van der Waals surface area contributed by atoms with E-state index in [0.29, 0.717) is 12.5 Å². The van der Waals surface area contributed by atoms with Crippen molar-refractivity contribution in [2.24, 2.45) is 5.92 Å². The highest BCUT2D eigenvalue weighted by atomic mass is 16.5. The zero-order chi connectivity index (χ0) is 19.8. The molecular weight excluding hydrogens is 342 g/mol. The molecular formula is C26H33NO. The van der Waals surface area contributed by atoms with E-state index in [4.69, 9.17) is 4.74 Å². The van der Waals surface area contributed by atoms with Crippen LogP contribution in [-0.4, -0.2) is 6.61 Å².